The highest BCUT2D eigenvalue weighted by Crippen LogP contribution is 2.33. The predicted octanol–water partition coefficient (Wildman–Crippen LogP) is -0.00830. The number of ether oxygens (including phenoxy) is 1. The minimum Gasteiger partial charge on any atom is -0.506 e. The van der Waals surface area contributed by atoms with Crippen molar-refractivity contribution in [3.05, 3.63) is 102 Å². The van der Waals surface area contributed by atoms with E-state index in [1.54, 1.807) is 12.1 Å². The van der Waals surface area contributed by atoms with Crippen LogP contribution in [0.5, 0.6) is 11.5 Å². The van der Waals surface area contributed by atoms with Gasteiger partial charge in [-0.1, -0.05) is 81.3 Å². The maximum Gasteiger partial charge on any atom is 0.251 e. The molecule has 6 amide bonds. The molecule has 3 saturated heterocycles. The van der Waals surface area contributed by atoms with Gasteiger partial charge in [-0.15, -0.1) is 0 Å². The number of amides is 6. The van der Waals surface area contributed by atoms with Gasteiger partial charge in [-0.3, -0.25) is 33.6 Å². The van der Waals surface area contributed by atoms with Crippen molar-refractivity contribution in [2.24, 2.45) is 11.8 Å². The lowest BCUT2D eigenvalue weighted by atomic mass is 9.86. The molecule has 83 heavy (non-hydrogen) atoms. The zero-order chi connectivity index (χ0) is 60.6. The molecule has 0 radical (unpaired) electrons. The Morgan fingerprint density at radius 3 is 1.84 bits per heavy atom. The second-order valence-electron chi connectivity index (χ2n) is 21.8. The zero-order valence-electron chi connectivity index (χ0n) is 46.4. The highest BCUT2D eigenvalue weighted by molar-refractivity contribution is 6.00. The van der Waals surface area contributed by atoms with Crippen molar-refractivity contribution < 1.29 is 85.7 Å². The van der Waals surface area contributed by atoms with E-state index in [-0.39, 0.29) is 24.8 Å². The third-order valence-corrected chi connectivity index (χ3v) is 15.5. The summed E-state index contributed by atoms with van der Waals surface area (Å²) in [6, 6.07) is 15.8. The number of benzene rings is 4. The number of aliphatic hydroxyl groups is 8. The average molecular weight is 1160 g/mol. The molecule has 0 aromatic heterocycles. The van der Waals surface area contributed by atoms with Crippen molar-refractivity contribution >= 4 is 46.9 Å². The van der Waals surface area contributed by atoms with Gasteiger partial charge in [-0.05, 0) is 84.5 Å². The highest BCUT2D eigenvalue weighted by Gasteiger charge is 2.50. The van der Waals surface area contributed by atoms with Crippen LogP contribution in [0.4, 0.5) is 5.69 Å². The molecule has 15 N–H and O–H groups in total. The number of hydrogen-bond donors (Lipinski definition) is 14. The number of fused-ring (bicyclic) bond motifs is 2. The predicted molar refractivity (Wildman–Crippen MR) is 301 cm³/mol. The van der Waals surface area contributed by atoms with Crippen LogP contribution in [0.2, 0.25) is 0 Å². The molecule has 0 saturated carbocycles. The van der Waals surface area contributed by atoms with Crippen molar-refractivity contribution in [2.75, 3.05) is 25.4 Å². The molecule has 0 spiro atoms. The van der Waals surface area contributed by atoms with Gasteiger partial charge in [0.05, 0.1) is 54.8 Å². The lowest BCUT2D eigenvalue weighted by molar-refractivity contribution is -0.149. The number of nitrogen functional groups attached to an aromatic ring is 1. The first-order valence-electron chi connectivity index (χ1n) is 27.7. The van der Waals surface area contributed by atoms with Gasteiger partial charge in [0, 0.05) is 45.3 Å². The van der Waals surface area contributed by atoms with Crippen molar-refractivity contribution in [3.8, 4) is 33.8 Å². The van der Waals surface area contributed by atoms with Crippen molar-refractivity contribution in [1.82, 2.24) is 31.1 Å². The van der Waals surface area contributed by atoms with Crippen molar-refractivity contribution in [1.29, 1.82) is 0 Å². The molecule has 7 rings (SSSR count). The molecule has 4 aromatic rings. The summed E-state index contributed by atoms with van der Waals surface area (Å²) >= 11 is 0. The SMILES string of the molecule is CCCCCOc1ccc(-c2ccc(-c3ccc(C(=O)N[C@H]4C[C@@H](O)[C@@H](O)NC(=O)[C@@H]5[C@@H](O)[C@@H](C)CN5C(=O)[C@H]([C@@H](C)O)NC(=O)[C@H]([C@H](O)[C@@H](O)c5ccc(O)c(N)c5)CC(=O)[C@@H]5C[C@@H](O)CN5C(=O)[C@H]([C@@H](C)O)NC4=O)cc3)cc2)cc1.[HH]. The van der Waals surface area contributed by atoms with Gasteiger partial charge in [0.15, 0.2) is 12.0 Å². The number of anilines is 1. The number of Topliss-reactive ketones (excluding diaryl/α,β-unsaturated/α-hetero) is 1. The number of unbranched alkanes of at least 4 members (excludes halogenated alkanes) is 2. The molecule has 24 heteroatoms. The van der Waals surface area contributed by atoms with Gasteiger partial charge in [0.1, 0.15) is 47.9 Å². The van der Waals surface area contributed by atoms with Crippen LogP contribution < -0.4 is 31.7 Å². The lowest BCUT2D eigenvalue weighted by Crippen LogP contribution is -2.61. The Balaban J connectivity index is 0.0000113. The van der Waals surface area contributed by atoms with Crippen molar-refractivity contribution in [2.45, 2.75) is 145 Å². The Morgan fingerprint density at radius 2 is 1.28 bits per heavy atom. The summed E-state index contributed by atoms with van der Waals surface area (Å²) in [6.45, 7) is 5.52. The first kappa shape index (κ1) is 63.0. The zero-order valence-corrected chi connectivity index (χ0v) is 46.4. The van der Waals surface area contributed by atoms with Crippen LogP contribution >= 0.6 is 0 Å². The van der Waals surface area contributed by atoms with Crippen LogP contribution in [0.1, 0.15) is 89.7 Å². The summed E-state index contributed by atoms with van der Waals surface area (Å²) in [5.41, 5.74) is 8.91. The maximum atomic E-state index is 14.5. The molecule has 3 aliphatic heterocycles. The molecular weight excluding hydrogens is 1080 g/mol. The number of rotatable bonds is 14. The van der Waals surface area contributed by atoms with E-state index in [0.717, 1.165) is 83.5 Å². The summed E-state index contributed by atoms with van der Waals surface area (Å²) in [7, 11) is 0. The van der Waals surface area contributed by atoms with E-state index in [9.17, 15) is 79.5 Å². The number of phenolic OH excluding ortho intramolecular Hbond substituents is 1. The van der Waals surface area contributed by atoms with Gasteiger partial charge < -0.3 is 87.5 Å². The molecule has 24 nitrogen and oxygen atoms in total. The quantitative estimate of drug-likeness (QED) is 0.0449. The smallest absolute Gasteiger partial charge is 0.251 e. The van der Waals surface area contributed by atoms with E-state index < -0.39 is 164 Å². The normalized spacial score (nSPS) is 27.4. The fourth-order valence-electron chi connectivity index (χ4n) is 10.6. The molecule has 0 unspecified atom stereocenters. The van der Waals surface area contributed by atoms with E-state index in [2.05, 4.69) is 28.2 Å². The van der Waals surface area contributed by atoms with Crippen molar-refractivity contribution in [3.63, 3.8) is 0 Å². The summed E-state index contributed by atoms with van der Waals surface area (Å²) < 4.78 is 5.84. The van der Waals surface area contributed by atoms with E-state index in [4.69, 9.17) is 10.5 Å². The van der Waals surface area contributed by atoms with Gasteiger partial charge in [0.2, 0.25) is 29.5 Å². The molecule has 3 fully saturated rings. The molecule has 450 valence electrons. The molecule has 15 atom stereocenters. The molecule has 0 bridgehead atoms. The van der Waals surface area contributed by atoms with Crippen LogP contribution in [0.3, 0.4) is 0 Å². The molecule has 3 heterocycles. The lowest BCUT2D eigenvalue weighted by Gasteiger charge is -2.33. The van der Waals surface area contributed by atoms with Gasteiger partial charge in [0.25, 0.3) is 5.91 Å². The first-order chi connectivity index (χ1) is 39.4. The topological polar surface area (TPSA) is 391 Å². The number of carbonyl (C=O) groups is 7. The number of aromatic hydroxyl groups is 1. The molecule has 3 aliphatic rings. The molecule has 0 aliphatic carbocycles. The van der Waals surface area contributed by atoms with Gasteiger partial charge >= 0.3 is 0 Å². The van der Waals surface area contributed by atoms with Crippen LogP contribution in [0, 0.1) is 11.8 Å². The van der Waals surface area contributed by atoms with Crippen LogP contribution in [-0.4, -0.2) is 190 Å². The second kappa shape index (κ2) is 27.7. The Morgan fingerprint density at radius 1 is 0.723 bits per heavy atom. The number of ketones is 1. The number of phenols is 1. The Bertz CT molecular complexity index is 2950. The Kier molecular flexibility index (Phi) is 21.0. The number of aliphatic hydroxyl groups excluding tert-OH is 8. The van der Waals surface area contributed by atoms with E-state index in [0.29, 0.717) is 12.2 Å². The molecule has 4 aromatic carbocycles. The largest absolute Gasteiger partial charge is 0.506 e. The standard InChI is InChI=1S/C59H75N7O17.H2/c1-5-6-7-22-83-39-19-16-35(17-20-39)33-10-8-32(9-11-33)34-12-14-36(15-13-34)53(76)61-42-26-46(72)56(79)64-57(80)49-50(73)29(2)27-66(49)59(82)48(31(4)68)62-54(77)40(52(75)51(74)37-18-21-44(70)41(60)23-37)25-45(71)43-24-38(69)28-65(43)58(81)47(30(3)67)63-55(42)78;/h8-21,23,29-31,38,40,42-43,46-52,56,67-70,72-75,79H,5-7,22,24-28,60H2,1-4H3,(H,61,76)(H,62,77)(H,63,78)(H,64,80);1H/t29-,30+,31+,38+,40-,42-,43-,46+,47-,48-,49-,50-,51-,52-,56+;/m0./s1. The monoisotopic (exact) mass is 1160 g/mol. The maximum absolute atomic E-state index is 14.5. The number of carbonyl (C=O) groups excluding carboxylic acids is 7. The second-order valence-corrected chi connectivity index (χ2v) is 21.8. The third-order valence-electron chi connectivity index (χ3n) is 15.5. The minimum absolute atomic E-state index is 0. The van der Waals surface area contributed by atoms with Crippen LogP contribution in [-0.2, 0) is 28.8 Å². The fraction of sp³-hybridized carbons (Fsp3) is 0.475. The fourth-order valence-corrected chi connectivity index (χ4v) is 10.6. The van der Waals surface area contributed by atoms with Gasteiger partial charge in [-0.2, -0.15) is 0 Å². The van der Waals surface area contributed by atoms with Gasteiger partial charge in [-0.25, -0.2) is 0 Å². The summed E-state index contributed by atoms with van der Waals surface area (Å²) in [5.74, 6) is -10.5. The minimum atomic E-state index is -2.29. The van der Waals surface area contributed by atoms with Crippen LogP contribution in [0.15, 0.2) is 91.0 Å². The van der Waals surface area contributed by atoms with E-state index in [1.807, 2.05) is 48.5 Å². The van der Waals surface area contributed by atoms with E-state index >= 15 is 0 Å². The number of nitrogens with one attached hydrogen (secondary N) is 4. The Labute approximate surface area is 480 Å². The number of hydrogen-bond acceptors (Lipinski definition) is 18. The van der Waals surface area contributed by atoms with Crippen LogP contribution in [0.25, 0.3) is 22.3 Å². The summed E-state index contributed by atoms with van der Waals surface area (Å²) in [4.78, 5) is 102. The molecular formula is C59H77N7O17. The summed E-state index contributed by atoms with van der Waals surface area (Å²) in [6.07, 6.45) is -14.5. The number of nitrogens with two attached hydrogens (primary N) is 1. The Hall–Kier alpha value is -7.55. The van der Waals surface area contributed by atoms with E-state index in [1.165, 1.54) is 19.1 Å². The highest BCUT2D eigenvalue weighted by atomic mass is 16.5. The third kappa shape index (κ3) is 15.0. The first-order valence-corrected chi connectivity index (χ1v) is 27.7. The number of nitrogens with zero attached hydrogens (tertiary/aromatic N) is 2. The summed E-state index contributed by atoms with van der Waals surface area (Å²) in [5, 5.41) is 110. The average Bonchev–Trinajstić information content (AvgIpc) is 4.06.